The minimum absolute atomic E-state index is 0.118. The summed E-state index contributed by atoms with van der Waals surface area (Å²) in [7, 11) is 0. The maximum Gasteiger partial charge on any atom is 0.309 e. The summed E-state index contributed by atoms with van der Waals surface area (Å²) in [5.41, 5.74) is 1.35. The second-order valence-corrected chi connectivity index (χ2v) is 6.67. The van der Waals surface area contributed by atoms with E-state index < -0.39 is 23.8 Å². The van der Waals surface area contributed by atoms with Gasteiger partial charge >= 0.3 is 5.97 Å². The topological polar surface area (TPSA) is 57.6 Å². The summed E-state index contributed by atoms with van der Waals surface area (Å²) in [5, 5.41) is 10.2. The Kier molecular flexibility index (Phi) is 3.69. The monoisotopic (exact) mass is 339 g/mol. The van der Waals surface area contributed by atoms with Gasteiger partial charge in [0.25, 0.3) is 0 Å². The smallest absolute Gasteiger partial charge is 0.309 e. The Labute approximate surface area is 138 Å². The number of carboxylic acid groups (broad SMARTS) is 1. The first-order valence-electron chi connectivity index (χ1n) is 7.02. The summed E-state index contributed by atoms with van der Waals surface area (Å²) in [4.78, 5) is 26.1. The first-order valence-corrected chi connectivity index (χ1v) is 7.78. The van der Waals surface area contributed by atoms with E-state index in [2.05, 4.69) is 0 Å². The molecule has 4 nitrogen and oxygen atoms in total. The lowest BCUT2D eigenvalue weighted by atomic mass is 9.74. The summed E-state index contributed by atoms with van der Waals surface area (Å²) in [5.74, 6) is -2.61. The third-order valence-electron chi connectivity index (χ3n) is 4.56. The van der Waals surface area contributed by atoms with Gasteiger partial charge in [-0.2, -0.15) is 0 Å². The molecule has 1 aliphatic heterocycles. The SMILES string of the molecule is CC1=CC(C)C2C(=O)N(c3cccc(Cl)c3Cl)C1C2C(=O)O. The molecule has 1 fully saturated rings. The van der Waals surface area contributed by atoms with Gasteiger partial charge in [-0.1, -0.05) is 47.8 Å². The molecule has 1 amide bonds. The van der Waals surface area contributed by atoms with Crippen LogP contribution in [0.1, 0.15) is 13.8 Å². The zero-order valence-electron chi connectivity index (χ0n) is 12.1. The van der Waals surface area contributed by atoms with Gasteiger partial charge in [0.1, 0.15) is 0 Å². The van der Waals surface area contributed by atoms with Crippen molar-refractivity contribution in [2.45, 2.75) is 19.9 Å². The van der Waals surface area contributed by atoms with E-state index in [1.165, 1.54) is 4.90 Å². The van der Waals surface area contributed by atoms with Crippen molar-refractivity contribution in [3.63, 3.8) is 0 Å². The summed E-state index contributed by atoms with van der Waals surface area (Å²) >= 11 is 12.3. The predicted octanol–water partition coefficient (Wildman–Crippen LogP) is 3.62. The van der Waals surface area contributed by atoms with Crippen LogP contribution in [-0.4, -0.2) is 23.0 Å². The molecule has 0 spiro atoms. The maximum absolute atomic E-state index is 12.8. The molecule has 116 valence electrons. The molecule has 1 saturated heterocycles. The molecule has 4 atom stereocenters. The first-order chi connectivity index (χ1) is 10.3. The number of amides is 1. The van der Waals surface area contributed by atoms with Crippen LogP contribution in [0.4, 0.5) is 5.69 Å². The van der Waals surface area contributed by atoms with Crippen molar-refractivity contribution in [2.24, 2.45) is 17.8 Å². The molecular formula is C16H15Cl2NO3. The fourth-order valence-corrected chi connectivity index (χ4v) is 4.09. The van der Waals surface area contributed by atoms with Crippen LogP contribution in [0.15, 0.2) is 29.8 Å². The molecule has 1 heterocycles. The Morgan fingerprint density at radius 1 is 1.32 bits per heavy atom. The van der Waals surface area contributed by atoms with Crippen LogP contribution in [0.25, 0.3) is 0 Å². The lowest BCUT2D eigenvalue weighted by Crippen LogP contribution is -2.40. The number of nitrogens with zero attached hydrogens (tertiary/aromatic N) is 1. The number of carbonyl (C=O) groups is 2. The third kappa shape index (κ3) is 2.05. The van der Waals surface area contributed by atoms with E-state index in [0.717, 1.165) is 5.57 Å². The lowest BCUT2D eigenvalue weighted by molar-refractivity contribution is -0.145. The van der Waals surface area contributed by atoms with Crippen LogP contribution in [0.5, 0.6) is 0 Å². The Morgan fingerprint density at radius 3 is 2.64 bits per heavy atom. The molecule has 2 aliphatic rings. The van der Waals surface area contributed by atoms with Crippen LogP contribution >= 0.6 is 23.2 Å². The van der Waals surface area contributed by atoms with Crippen LogP contribution < -0.4 is 4.90 Å². The van der Waals surface area contributed by atoms with Gasteiger partial charge in [-0.3, -0.25) is 9.59 Å². The molecule has 0 saturated carbocycles. The van der Waals surface area contributed by atoms with Crippen molar-refractivity contribution in [1.82, 2.24) is 0 Å². The average molecular weight is 340 g/mol. The fourth-order valence-electron chi connectivity index (χ4n) is 3.70. The Morgan fingerprint density at radius 2 is 2.00 bits per heavy atom. The van der Waals surface area contributed by atoms with Crippen LogP contribution in [0.2, 0.25) is 10.0 Å². The number of carboxylic acids is 1. The number of halogens is 2. The van der Waals surface area contributed by atoms with E-state index in [1.807, 2.05) is 19.9 Å². The van der Waals surface area contributed by atoms with Gasteiger partial charge in [-0.05, 0) is 25.0 Å². The molecule has 6 heteroatoms. The summed E-state index contributed by atoms with van der Waals surface area (Å²) < 4.78 is 0. The van der Waals surface area contributed by atoms with Crippen LogP contribution in [-0.2, 0) is 9.59 Å². The number of hydrogen-bond donors (Lipinski definition) is 1. The zero-order valence-corrected chi connectivity index (χ0v) is 13.6. The number of carbonyl (C=O) groups excluding carboxylic acids is 1. The Balaban J connectivity index is 2.18. The van der Waals surface area contributed by atoms with Crippen molar-refractivity contribution in [3.05, 3.63) is 39.9 Å². The molecule has 22 heavy (non-hydrogen) atoms. The van der Waals surface area contributed by atoms with Gasteiger partial charge in [0, 0.05) is 0 Å². The highest BCUT2D eigenvalue weighted by Gasteiger charge is 2.56. The molecule has 1 aromatic rings. The number of aliphatic carboxylic acids is 1. The molecule has 0 radical (unpaired) electrons. The largest absolute Gasteiger partial charge is 0.481 e. The predicted molar refractivity (Wildman–Crippen MR) is 85.3 cm³/mol. The van der Waals surface area contributed by atoms with Gasteiger partial charge in [0.05, 0.1) is 33.6 Å². The zero-order chi connectivity index (χ0) is 16.2. The van der Waals surface area contributed by atoms with Crippen molar-refractivity contribution < 1.29 is 14.7 Å². The fraction of sp³-hybridized carbons (Fsp3) is 0.375. The maximum atomic E-state index is 12.8. The molecule has 4 unspecified atom stereocenters. The molecule has 1 aromatic carbocycles. The van der Waals surface area contributed by atoms with Crippen molar-refractivity contribution in [2.75, 3.05) is 4.90 Å². The van der Waals surface area contributed by atoms with E-state index >= 15 is 0 Å². The Bertz CT molecular complexity index is 701. The molecule has 1 aliphatic carbocycles. The number of allylic oxidation sites excluding steroid dienone is 1. The number of rotatable bonds is 2. The second kappa shape index (κ2) is 5.28. The van der Waals surface area contributed by atoms with Gasteiger partial charge in [0.2, 0.25) is 5.91 Å². The average Bonchev–Trinajstić information content (AvgIpc) is 2.71. The summed E-state index contributed by atoms with van der Waals surface area (Å²) in [6.07, 6.45) is 1.98. The minimum atomic E-state index is -0.955. The minimum Gasteiger partial charge on any atom is -0.481 e. The van der Waals surface area contributed by atoms with E-state index in [0.29, 0.717) is 10.7 Å². The Hall–Kier alpha value is -1.52. The highest BCUT2D eigenvalue weighted by atomic mass is 35.5. The molecule has 1 N–H and O–H groups in total. The normalized spacial score (nSPS) is 30.5. The number of fused-ring (bicyclic) bond motifs is 2. The molecule has 0 aromatic heterocycles. The van der Waals surface area contributed by atoms with E-state index in [-0.39, 0.29) is 16.8 Å². The van der Waals surface area contributed by atoms with Crippen LogP contribution in [0, 0.1) is 17.8 Å². The van der Waals surface area contributed by atoms with E-state index in [4.69, 9.17) is 23.2 Å². The van der Waals surface area contributed by atoms with E-state index in [1.54, 1.807) is 18.2 Å². The van der Waals surface area contributed by atoms with Gasteiger partial charge < -0.3 is 10.0 Å². The summed E-state index contributed by atoms with van der Waals surface area (Å²) in [6, 6.07) is 4.53. The number of benzene rings is 1. The molecule has 3 rings (SSSR count). The quantitative estimate of drug-likeness (QED) is 0.837. The molecule has 2 bridgehead atoms. The van der Waals surface area contributed by atoms with Gasteiger partial charge in [-0.15, -0.1) is 0 Å². The van der Waals surface area contributed by atoms with Crippen molar-refractivity contribution in [3.8, 4) is 0 Å². The van der Waals surface area contributed by atoms with Crippen molar-refractivity contribution >= 4 is 40.8 Å². The highest BCUT2D eigenvalue weighted by molar-refractivity contribution is 6.44. The second-order valence-electron chi connectivity index (χ2n) is 5.89. The number of anilines is 1. The van der Waals surface area contributed by atoms with Crippen molar-refractivity contribution in [1.29, 1.82) is 0 Å². The van der Waals surface area contributed by atoms with Gasteiger partial charge in [-0.25, -0.2) is 0 Å². The van der Waals surface area contributed by atoms with E-state index in [9.17, 15) is 14.7 Å². The lowest BCUT2D eigenvalue weighted by Gasteiger charge is -2.31. The molecular weight excluding hydrogens is 325 g/mol. The number of hydrogen-bond acceptors (Lipinski definition) is 2. The first kappa shape index (κ1) is 15.4. The highest BCUT2D eigenvalue weighted by Crippen LogP contribution is 2.48. The third-order valence-corrected chi connectivity index (χ3v) is 5.37. The van der Waals surface area contributed by atoms with Crippen LogP contribution in [0.3, 0.4) is 0 Å². The standard InChI is InChI=1S/C16H15Cl2NO3/c1-7-6-8(2)14-12(16(21)22)11(7)15(20)19(14)10-5-3-4-9(17)13(10)18/h3-7,11-12,14H,1-2H3,(H,21,22). The van der Waals surface area contributed by atoms with Gasteiger partial charge in [0.15, 0.2) is 0 Å². The summed E-state index contributed by atoms with van der Waals surface area (Å²) in [6.45, 7) is 3.73.